The fraction of sp³-hybridized carbons (Fsp3) is 0.582. The molecule has 3 atom stereocenters. The largest absolute Gasteiger partial charge is 0.495 e. The van der Waals surface area contributed by atoms with Crippen molar-refractivity contribution < 1.29 is 33.4 Å². The van der Waals surface area contributed by atoms with E-state index in [9.17, 15) is 24.3 Å². The van der Waals surface area contributed by atoms with E-state index < -0.39 is 40.4 Å². The van der Waals surface area contributed by atoms with E-state index in [1.54, 1.807) is 43.3 Å². The summed E-state index contributed by atoms with van der Waals surface area (Å²) in [4.78, 5) is 75.5. The maximum atomic E-state index is 15.2. The van der Waals surface area contributed by atoms with E-state index in [4.69, 9.17) is 16.3 Å². The first kappa shape index (κ1) is 54.7. The van der Waals surface area contributed by atoms with Gasteiger partial charge >= 0.3 is 0 Å². The number of thioether (sulfide) groups is 1. The molecule has 1 spiro atoms. The number of halogens is 2. The van der Waals surface area contributed by atoms with Crippen LogP contribution in [0.25, 0.3) is 10.4 Å². The van der Waals surface area contributed by atoms with E-state index in [1.165, 1.54) is 11.1 Å². The zero-order valence-corrected chi connectivity index (χ0v) is 46.2. The number of hydrogen-bond donors (Lipinski definition) is 5. The molecule has 4 aromatic rings. The Kier molecular flexibility index (Phi) is 17.0. The van der Waals surface area contributed by atoms with Crippen LogP contribution in [0.5, 0.6) is 5.75 Å². The first-order valence-electron chi connectivity index (χ1n) is 26.5. The average Bonchev–Trinajstić information content (AvgIpc) is 3.83. The predicted molar refractivity (Wildman–Crippen MR) is 293 cm³/mol. The molecule has 1 unspecified atom stereocenters. The van der Waals surface area contributed by atoms with Crippen LogP contribution in [0.3, 0.4) is 0 Å². The van der Waals surface area contributed by atoms with Gasteiger partial charge in [0.05, 0.1) is 41.2 Å². The van der Waals surface area contributed by atoms with Gasteiger partial charge in [0.1, 0.15) is 28.7 Å². The van der Waals surface area contributed by atoms with Crippen LogP contribution in [0.4, 0.5) is 21.8 Å². The lowest BCUT2D eigenvalue weighted by Crippen LogP contribution is -2.61. The highest BCUT2D eigenvalue weighted by Gasteiger charge is 2.54. The smallest absolute Gasteiger partial charge is 0.258 e. The maximum Gasteiger partial charge on any atom is 0.258 e. The Morgan fingerprint density at radius 1 is 0.973 bits per heavy atom. The zero-order valence-electron chi connectivity index (χ0n) is 43.8. The Hall–Kier alpha value is -5.08. The Balaban J connectivity index is 0.724. The number of likely N-dealkylation sites (tertiary alicyclic amines) is 3. The van der Waals surface area contributed by atoms with E-state index in [0.29, 0.717) is 45.6 Å². The summed E-state index contributed by atoms with van der Waals surface area (Å²) < 4.78 is 20.0. The molecule has 5 fully saturated rings. The molecule has 5 heterocycles. The molecule has 3 aliphatic heterocycles. The van der Waals surface area contributed by atoms with Crippen molar-refractivity contribution >= 4 is 75.8 Å². The van der Waals surface area contributed by atoms with E-state index in [-0.39, 0.29) is 49.6 Å². The van der Waals surface area contributed by atoms with Crippen LogP contribution in [-0.2, 0) is 20.9 Å². The number of benzene rings is 2. The number of aliphatic hydroxyl groups is 1. The highest BCUT2D eigenvalue weighted by molar-refractivity contribution is 8.00. The van der Waals surface area contributed by atoms with Crippen molar-refractivity contribution in [2.75, 3.05) is 69.8 Å². The monoisotopic (exact) mass is 1090 g/mol. The number of hydrogen-bond acceptors (Lipinski definition) is 14. The molecular formula is C55H72ClFN10O6S2. The molecule has 0 radical (unpaired) electrons. The van der Waals surface area contributed by atoms with Crippen LogP contribution in [0.2, 0.25) is 5.02 Å². The minimum absolute atomic E-state index is 0.00305. The van der Waals surface area contributed by atoms with Crippen LogP contribution in [0.1, 0.15) is 106 Å². The number of nitrogens with zero attached hydrogens (tertiary/aromatic N) is 6. The molecule has 75 heavy (non-hydrogen) atoms. The molecule has 404 valence electrons. The molecular weight excluding hydrogens is 1020 g/mol. The number of aliphatic hydroxyl groups excluding tert-OH is 1. The number of rotatable bonds is 18. The molecule has 4 amide bonds. The number of piperidine rings is 2. The number of methoxy groups -OCH3 is 1. The fourth-order valence-corrected chi connectivity index (χ4v) is 13.7. The summed E-state index contributed by atoms with van der Waals surface area (Å²) >= 11 is 9.35. The second kappa shape index (κ2) is 23.3. The summed E-state index contributed by atoms with van der Waals surface area (Å²) in [5.41, 5.74) is 4.19. The lowest BCUT2D eigenvalue weighted by molar-refractivity contribution is -0.143. The van der Waals surface area contributed by atoms with Crippen molar-refractivity contribution in [3.05, 3.63) is 76.0 Å². The summed E-state index contributed by atoms with van der Waals surface area (Å²) in [6, 6.07) is 11.2. The van der Waals surface area contributed by atoms with Gasteiger partial charge in [0.2, 0.25) is 17.8 Å². The van der Waals surface area contributed by atoms with Gasteiger partial charge in [0, 0.05) is 56.5 Å². The molecule has 20 heteroatoms. The highest BCUT2D eigenvalue weighted by atomic mass is 35.5. The van der Waals surface area contributed by atoms with E-state index in [2.05, 4.69) is 41.1 Å². The zero-order chi connectivity index (χ0) is 53.1. The number of anilines is 3. The molecule has 5 aliphatic rings. The number of ether oxygens (including phenoxy) is 1. The molecule has 9 rings (SSSR count). The summed E-state index contributed by atoms with van der Waals surface area (Å²) in [5, 5.41) is 23.1. The van der Waals surface area contributed by atoms with Gasteiger partial charge in [-0.1, -0.05) is 35.9 Å². The Labute approximate surface area is 453 Å². The number of aromatic nitrogens is 3. The Morgan fingerprint density at radius 2 is 1.67 bits per heavy atom. The standard InChI is InChI=1S/C55H72ClFN10O6S2/c1-34-45(74-33-61-34)38-12-10-35(11-13-38)28-59-48(69)43-27-40(68)31-67(43)50(71)46(63-51(72)55(57)16-17-55)53(2,3)75-32-37-8-6-36(7-9-37)30-65-22-18-54(19-23-65)20-24-66(25-21-54)49(70)39-14-15-42(44(26-39)73-5)62-52-60-29-41(56)47(58-4)64-52/h10-15,26,29,33,36-37,40,43,46,68H,6-9,16-25,27-28,30-32H2,1-5H3,(H,59,69)(H,63,72)(H2,58,60,62,64)/t36-,37-,40-,43+,46?/m1/s1. The normalized spacial score (nSPS) is 22.8. The van der Waals surface area contributed by atoms with Crippen molar-refractivity contribution in [1.82, 2.24) is 40.3 Å². The van der Waals surface area contributed by atoms with Gasteiger partial charge in [-0.15, -0.1) is 11.3 Å². The van der Waals surface area contributed by atoms with Crippen LogP contribution in [0.15, 0.2) is 54.2 Å². The number of amides is 4. The molecule has 3 saturated heterocycles. The lowest BCUT2D eigenvalue weighted by atomic mass is 9.71. The lowest BCUT2D eigenvalue weighted by Gasteiger charge is -2.47. The molecule has 16 nitrogen and oxygen atoms in total. The summed E-state index contributed by atoms with van der Waals surface area (Å²) in [6.07, 6.45) is 9.56. The number of alkyl halides is 1. The molecule has 2 aromatic heterocycles. The molecule has 2 aliphatic carbocycles. The quantitative estimate of drug-likeness (QED) is 0.0640. The van der Waals surface area contributed by atoms with Crippen LogP contribution >= 0.6 is 34.7 Å². The van der Waals surface area contributed by atoms with E-state index >= 15 is 4.39 Å². The van der Waals surface area contributed by atoms with Crippen molar-refractivity contribution in [1.29, 1.82) is 0 Å². The first-order valence-corrected chi connectivity index (χ1v) is 28.8. The molecule has 5 N–H and O–H groups in total. The second-order valence-electron chi connectivity index (χ2n) is 22.0. The molecule has 0 bridgehead atoms. The summed E-state index contributed by atoms with van der Waals surface area (Å²) in [5.74, 6) is 1.54. The van der Waals surface area contributed by atoms with Crippen molar-refractivity contribution in [3.63, 3.8) is 0 Å². The van der Waals surface area contributed by atoms with Gasteiger partial charge in [-0.25, -0.2) is 14.4 Å². The number of aryl methyl sites for hydroxylation is 1. The van der Waals surface area contributed by atoms with Gasteiger partial charge in [-0.05, 0) is 150 Å². The van der Waals surface area contributed by atoms with Crippen LogP contribution in [0, 0.1) is 24.2 Å². The van der Waals surface area contributed by atoms with Gasteiger partial charge in [-0.3, -0.25) is 19.2 Å². The number of nitrogens with one attached hydrogen (secondary N) is 4. The van der Waals surface area contributed by atoms with Crippen molar-refractivity contribution in [3.8, 4) is 16.2 Å². The Morgan fingerprint density at radius 3 is 2.32 bits per heavy atom. The summed E-state index contributed by atoms with van der Waals surface area (Å²) in [7, 11) is 3.31. The van der Waals surface area contributed by atoms with Gasteiger partial charge in [0.15, 0.2) is 5.67 Å². The van der Waals surface area contributed by atoms with Gasteiger partial charge in [-0.2, -0.15) is 16.7 Å². The second-order valence-corrected chi connectivity index (χ2v) is 25.0. The van der Waals surface area contributed by atoms with Crippen molar-refractivity contribution in [2.45, 2.75) is 127 Å². The number of thiazole rings is 1. The van der Waals surface area contributed by atoms with E-state index in [0.717, 1.165) is 112 Å². The Bertz CT molecular complexity index is 2680. The predicted octanol–water partition coefficient (Wildman–Crippen LogP) is 8.26. The third-order valence-electron chi connectivity index (χ3n) is 16.5. The van der Waals surface area contributed by atoms with Gasteiger partial charge in [0.25, 0.3) is 11.8 Å². The average molecular weight is 1090 g/mol. The number of carbonyl (C=O) groups is 4. The minimum atomic E-state index is -1.99. The minimum Gasteiger partial charge on any atom is -0.495 e. The van der Waals surface area contributed by atoms with E-state index in [1.807, 2.05) is 67.6 Å². The van der Waals surface area contributed by atoms with Crippen molar-refractivity contribution in [2.24, 2.45) is 17.3 Å². The SMILES string of the molecule is CNc1nc(Nc2ccc(C(=O)N3CCC4(CCN(C[C@H]5CC[C@H](CSC(C)(C)C(NC(=O)C6(F)CC6)C(=O)N6C[C@H](O)C[C@H]6C(=O)NCc6ccc(-c7scnc7C)cc6)CC5)CC4)CC3)cc2OC)ncc1Cl. The third kappa shape index (κ3) is 12.9. The highest BCUT2D eigenvalue weighted by Crippen LogP contribution is 2.44. The van der Waals surface area contributed by atoms with Crippen LogP contribution in [-0.4, -0.2) is 146 Å². The number of β-amino-alcohol motifs (C(OH)–C–C–N with tert-alkyl or cyclic N) is 1. The van der Waals surface area contributed by atoms with Crippen LogP contribution < -0.4 is 26.0 Å². The fourth-order valence-electron chi connectivity index (χ4n) is 11.4. The molecule has 2 saturated carbocycles. The molecule has 2 aromatic carbocycles. The maximum absolute atomic E-state index is 15.2. The summed E-state index contributed by atoms with van der Waals surface area (Å²) in [6.45, 7) is 10.7. The topological polar surface area (TPSA) is 194 Å². The number of carbonyl (C=O) groups excluding carboxylic acids is 4. The first-order chi connectivity index (χ1) is 35.9. The van der Waals surface area contributed by atoms with Gasteiger partial charge < -0.3 is 45.8 Å². The third-order valence-corrected chi connectivity index (χ3v) is 19.4.